The summed E-state index contributed by atoms with van der Waals surface area (Å²) >= 11 is 0. The van der Waals surface area contributed by atoms with Gasteiger partial charge < -0.3 is 10.1 Å². The van der Waals surface area contributed by atoms with Crippen LogP contribution in [0.2, 0.25) is 0 Å². The molecular formula is C11H14F3N3O. The lowest BCUT2D eigenvalue weighted by Crippen LogP contribution is -2.18. The van der Waals surface area contributed by atoms with Crippen molar-refractivity contribution in [3.8, 4) is 0 Å². The Kier molecular flexibility index (Phi) is 3.54. The van der Waals surface area contributed by atoms with Crippen molar-refractivity contribution >= 4 is 0 Å². The molecule has 1 N–H and O–H groups in total. The van der Waals surface area contributed by atoms with E-state index in [-0.39, 0.29) is 30.5 Å². The van der Waals surface area contributed by atoms with Crippen LogP contribution in [0.3, 0.4) is 0 Å². The third-order valence-corrected chi connectivity index (χ3v) is 2.87. The molecule has 7 heteroatoms. The number of halogens is 3. The molecule has 0 saturated carbocycles. The molecule has 1 aliphatic heterocycles. The second kappa shape index (κ2) is 4.81. The van der Waals surface area contributed by atoms with Crippen molar-refractivity contribution in [1.29, 1.82) is 0 Å². The number of methoxy groups -OCH3 is 1. The number of ether oxygens (including phenoxy) is 1. The van der Waals surface area contributed by atoms with E-state index in [4.69, 9.17) is 4.74 Å². The van der Waals surface area contributed by atoms with Gasteiger partial charge in [0.1, 0.15) is 5.82 Å². The van der Waals surface area contributed by atoms with Crippen LogP contribution >= 0.6 is 0 Å². The van der Waals surface area contributed by atoms with Crippen LogP contribution in [0, 0.1) is 0 Å². The highest BCUT2D eigenvalue weighted by Crippen LogP contribution is 2.33. The first-order valence-corrected chi connectivity index (χ1v) is 5.61. The lowest BCUT2D eigenvalue weighted by molar-refractivity contribution is -0.142. The molecule has 2 rings (SSSR count). The summed E-state index contributed by atoms with van der Waals surface area (Å²) < 4.78 is 43.7. The van der Waals surface area contributed by atoms with Gasteiger partial charge in [0.05, 0.1) is 11.8 Å². The van der Waals surface area contributed by atoms with E-state index in [2.05, 4.69) is 15.3 Å². The van der Waals surface area contributed by atoms with E-state index in [0.717, 1.165) is 0 Å². The number of alkyl halides is 3. The molecule has 1 aromatic heterocycles. The molecule has 4 nitrogen and oxygen atoms in total. The van der Waals surface area contributed by atoms with Gasteiger partial charge in [0.15, 0.2) is 5.69 Å². The van der Waals surface area contributed by atoms with Crippen LogP contribution in [0.4, 0.5) is 13.2 Å². The fraction of sp³-hybridized carbons (Fsp3) is 0.636. The summed E-state index contributed by atoms with van der Waals surface area (Å²) in [6, 6.07) is 0. The van der Waals surface area contributed by atoms with Crippen LogP contribution in [0.5, 0.6) is 0 Å². The molecule has 0 fully saturated rings. The first-order valence-electron chi connectivity index (χ1n) is 5.61. The quantitative estimate of drug-likeness (QED) is 0.899. The molecule has 1 aliphatic rings. The number of rotatable bonds is 3. The minimum Gasteiger partial charge on any atom is -0.381 e. The van der Waals surface area contributed by atoms with E-state index in [1.807, 2.05) is 0 Å². The number of hydrogen-bond acceptors (Lipinski definition) is 4. The lowest BCUT2D eigenvalue weighted by Gasteiger charge is -2.14. The van der Waals surface area contributed by atoms with E-state index in [0.29, 0.717) is 12.2 Å². The van der Waals surface area contributed by atoms with E-state index in [1.165, 1.54) is 7.11 Å². The molecule has 1 atom stereocenters. The minimum atomic E-state index is -4.44. The van der Waals surface area contributed by atoms with Gasteiger partial charge in [-0.3, -0.25) is 0 Å². The Bertz CT molecular complexity index is 448. The summed E-state index contributed by atoms with van der Waals surface area (Å²) in [5.41, 5.74) is -0.220. The SMILES string of the molecule is COC(C)Cc1nc2c(c(C(F)(F)F)n1)CNC2. The van der Waals surface area contributed by atoms with Gasteiger partial charge in [0.25, 0.3) is 0 Å². The predicted molar refractivity (Wildman–Crippen MR) is 57.8 cm³/mol. The Labute approximate surface area is 103 Å². The standard InChI is InChI=1S/C11H14F3N3O/c1-6(18-2)3-9-16-8-5-15-4-7(8)10(17-9)11(12,13)14/h6,15H,3-5H2,1-2H3. The summed E-state index contributed by atoms with van der Waals surface area (Å²) in [5, 5.41) is 2.86. The Balaban J connectivity index is 2.40. The van der Waals surface area contributed by atoms with Crippen molar-refractivity contribution in [2.75, 3.05) is 7.11 Å². The first-order chi connectivity index (χ1) is 8.41. The van der Waals surface area contributed by atoms with E-state index in [9.17, 15) is 13.2 Å². The molecule has 0 aliphatic carbocycles. The predicted octanol–water partition coefficient (Wildman–Crippen LogP) is 1.68. The highest BCUT2D eigenvalue weighted by atomic mass is 19.4. The molecule has 1 aromatic rings. The minimum absolute atomic E-state index is 0.163. The molecule has 0 radical (unpaired) electrons. The van der Waals surface area contributed by atoms with Crippen molar-refractivity contribution < 1.29 is 17.9 Å². The first kappa shape index (κ1) is 13.2. The second-order valence-corrected chi connectivity index (χ2v) is 4.27. The Morgan fingerprint density at radius 2 is 2.06 bits per heavy atom. The van der Waals surface area contributed by atoms with Crippen molar-refractivity contribution in [3.05, 3.63) is 22.8 Å². The third-order valence-electron chi connectivity index (χ3n) is 2.87. The zero-order valence-corrected chi connectivity index (χ0v) is 10.1. The Morgan fingerprint density at radius 1 is 1.33 bits per heavy atom. The molecule has 1 unspecified atom stereocenters. The van der Waals surface area contributed by atoms with Crippen LogP contribution in [0.1, 0.15) is 29.7 Å². The van der Waals surface area contributed by atoms with Gasteiger partial charge in [-0.25, -0.2) is 9.97 Å². The van der Waals surface area contributed by atoms with Gasteiger partial charge >= 0.3 is 6.18 Å². The molecule has 0 bridgehead atoms. The maximum absolute atomic E-state index is 12.9. The summed E-state index contributed by atoms with van der Waals surface area (Å²) in [6.45, 7) is 2.29. The van der Waals surface area contributed by atoms with E-state index < -0.39 is 11.9 Å². The van der Waals surface area contributed by atoms with Gasteiger partial charge in [0, 0.05) is 32.2 Å². The average molecular weight is 261 g/mol. The zero-order chi connectivity index (χ0) is 13.3. The van der Waals surface area contributed by atoms with Crippen LogP contribution in [0.15, 0.2) is 0 Å². The molecule has 0 spiro atoms. The Morgan fingerprint density at radius 3 is 2.67 bits per heavy atom. The van der Waals surface area contributed by atoms with Gasteiger partial charge in [0.2, 0.25) is 0 Å². The second-order valence-electron chi connectivity index (χ2n) is 4.27. The largest absolute Gasteiger partial charge is 0.433 e. The summed E-state index contributed by atoms with van der Waals surface area (Å²) in [7, 11) is 1.50. The number of aromatic nitrogens is 2. The molecule has 18 heavy (non-hydrogen) atoms. The smallest absolute Gasteiger partial charge is 0.381 e. The molecule has 100 valence electrons. The number of hydrogen-bond donors (Lipinski definition) is 1. The van der Waals surface area contributed by atoms with Crippen molar-refractivity contribution in [1.82, 2.24) is 15.3 Å². The monoisotopic (exact) mass is 261 g/mol. The molecule has 0 saturated heterocycles. The summed E-state index contributed by atoms with van der Waals surface area (Å²) in [5.74, 6) is 0.180. The van der Waals surface area contributed by atoms with Gasteiger partial charge in [-0.05, 0) is 6.92 Å². The summed E-state index contributed by atoms with van der Waals surface area (Å²) in [4.78, 5) is 7.81. The maximum Gasteiger partial charge on any atom is 0.433 e. The van der Waals surface area contributed by atoms with Crippen molar-refractivity contribution in [2.24, 2.45) is 0 Å². The fourth-order valence-corrected chi connectivity index (χ4v) is 1.89. The number of fused-ring (bicyclic) bond motifs is 1. The van der Waals surface area contributed by atoms with Gasteiger partial charge in [-0.15, -0.1) is 0 Å². The topological polar surface area (TPSA) is 47.0 Å². The van der Waals surface area contributed by atoms with Gasteiger partial charge in [-0.2, -0.15) is 13.2 Å². The lowest BCUT2D eigenvalue weighted by atomic mass is 10.1. The highest BCUT2D eigenvalue weighted by molar-refractivity contribution is 5.31. The average Bonchev–Trinajstić information content (AvgIpc) is 2.74. The molecule has 2 heterocycles. The van der Waals surface area contributed by atoms with Crippen molar-refractivity contribution in [3.63, 3.8) is 0 Å². The van der Waals surface area contributed by atoms with Crippen LogP contribution < -0.4 is 5.32 Å². The number of nitrogens with zero attached hydrogens (tertiary/aromatic N) is 2. The normalized spacial score (nSPS) is 16.7. The van der Waals surface area contributed by atoms with Crippen LogP contribution in [0.25, 0.3) is 0 Å². The van der Waals surface area contributed by atoms with E-state index in [1.54, 1.807) is 6.92 Å². The molecular weight excluding hydrogens is 247 g/mol. The maximum atomic E-state index is 12.9. The number of nitrogens with one attached hydrogen (secondary N) is 1. The van der Waals surface area contributed by atoms with Crippen molar-refractivity contribution in [2.45, 2.75) is 38.7 Å². The highest BCUT2D eigenvalue weighted by Gasteiger charge is 2.38. The van der Waals surface area contributed by atoms with E-state index >= 15 is 0 Å². The summed E-state index contributed by atoms with van der Waals surface area (Å²) in [6.07, 6.45) is -4.38. The molecule has 0 aromatic carbocycles. The third kappa shape index (κ3) is 2.62. The van der Waals surface area contributed by atoms with Crippen LogP contribution in [-0.4, -0.2) is 23.2 Å². The van der Waals surface area contributed by atoms with Gasteiger partial charge in [-0.1, -0.05) is 0 Å². The fourth-order valence-electron chi connectivity index (χ4n) is 1.89. The Hall–Kier alpha value is -1.21. The van der Waals surface area contributed by atoms with Crippen LogP contribution in [-0.2, 0) is 30.4 Å². The molecule has 0 amide bonds. The zero-order valence-electron chi connectivity index (χ0n) is 10.1.